The van der Waals surface area contributed by atoms with Gasteiger partial charge < -0.3 is 5.32 Å². The van der Waals surface area contributed by atoms with Crippen LogP contribution >= 0.6 is 0 Å². The Morgan fingerprint density at radius 2 is 1.94 bits per heavy atom. The lowest BCUT2D eigenvalue weighted by Crippen LogP contribution is -2.25. The number of para-hydroxylation sites is 1. The Kier molecular flexibility index (Phi) is 4.18. The van der Waals surface area contributed by atoms with Crippen LogP contribution in [0.4, 0.5) is 5.69 Å². The highest BCUT2D eigenvalue weighted by molar-refractivity contribution is 5.93. The minimum Gasteiger partial charge on any atom is -0.326 e. The molecule has 2 heteroatoms. The summed E-state index contributed by atoms with van der Waals surface area (Å²) in [6.45, 7) is 2.12. The molecule has 1 aliphatic rings. The molecule has 0 heterocycles. The summed E-state index contributed by atoms with van der Waals surface area (Å²) in [4.78, 5) is 12.1. The fourth-order valence-corrected chi connectivity index (χ4v) is 2.55. The topological polar surface area (TPSA) is 29.1 Å². The number of anilines is 1. The lowest BCUT2D eigenvalue weighted by Gasteiger charge is -2.21. The Labute approximate surface area is 103 Å². The van der Waals surface area contributed by atoms with Crippen molar-refractivity contribution in [2.24, 2.45) is 5.92 Å². The van der Waals surface area contributed by atoms with Crippen molar-refractivity contribution in [2.75, 3.05) is 5.32 Å². The van der Waals surface area contributed by atoms with Crippen LogP contribution in [-0.4, -0.2) is 5.91 Å². The molecule has 1 aromatic carbocycles. The fourth-order valence-electron chi connectivity index (χ4n) is 2.55. The molecule has 17 heavy (non-hydrogen) atoms. The third-order valence-corrected chi connectivity index (χ3v) is 3.63. The molecular formula is C15H21NO. The number of aryl methyl sites for hydroxylation is 1. The smallest absolute Gasteiger partial charge is 0.227 e. The van der Waals surface area contributed by atoms with Crippen LogP contribution in [0.25, 0.3) is 0 Å². The molecule has 1 fully saturated rings. The van der Waals surface area contributed by atoms with Crippen LogP contribution in [0.3, 0.4) is 0 Å². The average molecular weight is 231 g/mol. The van der Waals surface area contributed by atoms with E-state index in [1.807, 2.05) is 18.2 Å². The van der Waals surface area contributed by atoms with Crippen LogP contribution in [0.2, 0.25) is 0 Å². The summed E-state index contributed by atoms with van der Waals surface area (Å²) in [5.41, 5.74) is 2.21. The van der Waals surface area contributed by atoms with Crippen LogP contribution in [0.15, 0.2) is 24.3 Å². The van der Waals surface area contributed by atoms with Gasteiger partial charge in [-0.25, -0.2) is 0 Å². The zero-order valence-corrected chi connectivity index (χ0v) is 10.5. The summed E-state index contributed by atoms with van der Waals surface area (Å²) in [5, 5.41) is 3.09. The number of hydrogen-bond donors (Lipinski definition) is 1. The molecule has 1 amide bonds. The van der Waals surface area contributed by atoms with Crippen molar-refractivity contribution in [3.8, 4) is 0 Å². The number of nitrogens with one attached hydrogen (secondary N) is 1. The molecule has 0 spiro atoms. The predicted octanol–water partition coefficient (Wildman–Crippen LogP) is 3.77. The van der Waals surface area contributed by atoms with Gasteiger partial charge in [-0.3, -0.25) is 4.79 Å². The molecule has 0 saturated heterocycles. The second-order valence-corrected chi connectivity index (χ2v) is 4.83. The summed E-state index contributed by atoms with van der Waals surface area (Å²) in [6, 6.07) is 8.08. The van der Waals surface area contributed by atoms with E-state index in [-0.39, 0.29) is 11.8 Å². The molecular weight excluding hydrogens is 210 g/mol. The highest BCUT2D eigenvalue weighted by Crippen LogP contribution is 2.25. The van der Waals surface area contributed by atoms with E-state index in [0.717, 1.165) is 24.9 Å². The number of amides is 1. The van der Waals surface area contributed by atoms with Gasteiger partial charge in [-0.15, -0.1) is 0 Å². The first-order valence-corrected chi connectivity index (χ1v) is 6.70. The van der Waals surface area contributed by atoms with Crippen LogP contribution in [-0.2, 0) is 11.2 Å². The highest BCUT2D eigenvalue weighted by atomic mass is 16.1. The van der Waals surface area contributed by atoms with Crippen molar-refractivity contribution in [2.45, 2.75) is 45.4 Å². The average Bonchev–Trinajstić information content (AvgIpc) is 2.40. The van der Waals surface area contributed by atoms with Gasteiger partial charge in [-0.05, 0) is 30.9 Å². The van der Waals surface area contributed by atoms with E-state index in [0.29, 0.717) is 0 Å². The van der Waals surface area contributed by atoms with Crippen LogP contribution < -0.4 is 5.32 Å². The normalized spacial score (nSPS) is 16.8. The molecule has 0 unspecified atom stereocenters. The fraction of sp³-hybridized carbons (Fsp3) is 0.533. The number of carbonyl (C=O) groups excluding carboxylic acids is 1. The van der Waals surface area contributed by atoms with Gasteiger partial charge in [-0.1, -0.05) is 44.4 Å². The summed E-state index contributed by atoms with van der Waals surface area (Å²) < 4.78 is 0. The number of benzene rings is 1. The Morgan fingerprint density at radius 1 is 1.24 bits per heavy atom. The first-order chi connectivity index (χ1) is 8.31. The van der Waals surface area contributed by atoms with Gasteiger partial charge in [0, 0.05) is 11.6 Å². The Bertz CT molecular complexity index is 380. The molecule has 0 aromatic heterocycles. The van der Waals surface area contributed by atoms with E-state index in [1.165, 1.54) is 24.8 Å². The molecule has 0 atom stereocenters. The molecule has 0 aliphatic heterocycles. The minimum absolute atomic E-state index is 0.214. The van der Waals surface area contributed by atoms with Gasteiger partial charge in [-0.2, -0.15) is 0 Å². The van der Waals surface area contributed by atoms with Gasteiger partial charge in [0.1, 0.15) is 0 Å². The standard InChI is InChI=1S/C15H21NO/c1-2-12-8-6-7-11-14(12)16-15(17)13-9-4-3-5-10-13/h6-8,11,13H,2-5,9-10H2,1H3,(H,16,17). The maximum absolute atomic E-state index is 12.1. The van der Waals surface area contributed by atoms with Gasteiger partial charge in [0.25, 0.3) is 0 Å². The molecule has 2 nitrogen and oxygen atoms in total. The van der Waals surface area contributed by atoms with Crippen molar-refractivity contribution in [3.05, 3.63) is 29.8 Å². The first kappa shape index (κ1) is 12.2. The van der Waals surface area contributed by atoms with Crippen LogP contribution in [0.5, 0.6) is 0 Å². The lowest BCUT2D eigenvalue weighted by atomic mass is 9.88. The second kappa shape index (κ2) is 5.85. The third kappa shape index (κ3) is 3.09. The van der Waals surface area contributed by atoms with Gasteiger partial charge in [0.15, 0.2) is 0 Å². The SMILES string of the molecule is CCc1ccccc1NC(=O)C1CCCCC1. The zero-order valence-electron chi connectivity index (χ0n) is 10.5. The first-order valence-electron chi connectivity index (χ1n) is 6.70. The Hall–Kier alpha value is -1.31. The van der Waals surface area contributed by atoms with Gasteiger partial charge >= 0.3 is 0 Å². The largest absolute Gasteiger partial charge is 0.326 e. The van der Waals surface area contributed by atoms with E-state index in [9.17, 15) is 4.79 Å². The van der Waals surface area contributed by atoms with E-state index >= 15 is 0 Å². The summed E-state index contributed by atoms with van der Waals surface area (Å²) >= 11 is 0. The van der Waals surface area contributed by atoms with Crippen LogP contribution in [0.1, 0.15) is 44.6 Å². The quantitative estimate of drug-likeness (QED) is 0.843. The molecule has 1 N–H and O–H groups in total. The lowest BCUT2D eigenvalue weighted by molar-refractivity contribution is -0.120. The van der Waals surface area contributed by atoms with Crippen LogP contribution in [0, 0.1) is 5.92 Å². The molecule has 92 valence electrons. The molecule has 1 aromatic rings. The van der Waals surface area contributed by atoms with E-state index in [1.54, 1.807) is 0 Å². The van der Waals surface area contributed by atoms with Crippen molar-refractivity contribution in [3.63, 3.8) is 0 Å². The summed E-state index contributed by atoms with van der Waals surface area (Å²) in [5.74, 6) is 0.444. The predicted molar refractivity (Wildman–Crippen MR) is 71.0 cm³/mol. The van der Waals surface area contributed by atoms with Crippen molar-refractivity contribution in [1.29, 1.82) is 0 Å². The number of hydrogen-bond acceptors (Lipinski definition) is 1. The zero-order chi connectivity index (χ0) is 12.1. The van der Waals surface area contributed by atoms with Gasteiger partial charge in [0.05, 0.1) is 0 Å². The highest BCUT2D eigenvalue weighted by Gasteiger charge is 2.21. The molecule has 0 radical (unpaired) electrons. The van der Waals surface area contributed by atoms with E-state index in [4.69, 9.17) is 0 Å². The Morgan fingerprint density at radius 3 is 2.65 bits per heavy atom. The second-order valence-electron chi connectivity index (χ2n) is 4.83. The molecule has 0 bridgehead atoms. The molecule has 1 aliphatic carbocycles. The van der Waals surface area contributed by atoms with Gasteiger partial charge in [0.2, 0.25) is 5.91 Å². The van der Waals surface area contributed by atoms with Crippen molar-refractivity contribution >= 4 is 11.6 Å². The van der Waals surface area contributed by atoms with Crippen molar-refractivity contribution in [1.82, 2.24) is 0 Å². The Balaban J connectivity index is 2.01. The van der Waals surface area contributed by atoms with E-state index < -0.39 is 0 Å². The monoisotopic (exact) mass is 231 g/mol. The van der Waals surface area contributed by atoms with E-state index in [2.05, 4.69) is 18.3 Å². The number of rotatable bonds is 3. The molecule has 2 rings (SSSR count). The minimum atomic E-state index is 0.214. The maximum atomic E-state index is 12.1. The number of carbonyl (C=O) groups is 1. The third-order valence-electron chi connectivity index (χ3n) is 3.63. The molecule has 1 saturated carbocycles. The summed E-state index contributed by atoms with van der Waals surface area (Å²) in [6.07, 6.45) is 6.76. The maximum Gasteiger partial charge on any atom is 0.227 e. The van der Waals surface area contributed by atoms with Crippen molar-refractivity contribution < 1.29 is 4.79 Å². The summed E-state index contributed by atoms with van der Waals surface area (Å²) in [7, 11) is 0.